The lowest BCUT2D eigenvalue weighted by Gasteiger charge is -2.14. The molecule has 1 fully saturated rings. The van der Waals surface area contributed by atoms with Crippen molar-refractivity contribution in [2.24, 2.45) is 5.41 Å². The molecule has 1 aromatic heterocycles. The summed E-state index contributed by atoms with van der Waals surface area (Å²) in [6.45, 7) is 0.0729. The highest BCUT2D eigenvalue weighted by molar-refractivity contribution is 6.00. The van der Waals surface area contributed by atoms with Crippen LogP contribution in [0.25, 0.3) is 11.1 Å². The van der Waals surface area contributed by atoms with E-state index in [1.807, 2.05) is 0 Å². The Bertz CT molecular complexity index is 1260. The molecule has 3 N–H and O–H groups in total. The summed E-state index contributed by atoms with van der Waals surface area (Å²) in [5, 5.41) is 14.1. The number of halogens is 3. The van der Waals surface area contributed by atoms with Crippen molar-refractivity contribution in [3.63, 3.8) is 0 Å². The van der Waals surface area contributed by atoms with E-state index < -0.39 is 29.2 Å². The van der Waals surface area contributed by atoms with E-state index in [-0.39, 0.29) is 18.0 Å². The van der Waals surface area contributed by atoms with Crippen molar-refractivity contribution in [3.8, 4) is 22.8 Å². The van der Waals surface area contributed by atoms with Crippen molar-refractivity contribution in [2.45, 2.75) is 19.0 Å². The number of ether oxygens (including phenoxy) is 2. The highest BCUT2D eigenvalue weighted by Crippen LogP contribution is 2.46. The Morgan fingerprint density at radius 1 is 1.03 bits per heavy atom. The van der Waals surface area contributed by atoms with E-state index in [0.29, 0.717) is 24.4 Å². The Morgan fingerprint density at radius 3 is 2.28 bits per heavy atom. The smallest absolute Gasteiger partial charge is 0.416 e. The number of alkyl halides is 3. The molecule has 4 rings (SSSR count). The fourth-order valence-corrected chi connectivity index (χ4v) is 3.43. The van der Waals surface area contributed by atoms with Crippen LogP contribution in [0, 0.1) is 5.41 Å². The summed E-state index contributed by atoms with van der Waals surface area (Å²) >= 11 is 0. The summed E-state index contributed by atoms with van der Waals surface area (Å²) in [6.07, 6.45) is -1.80. The van der Waals surface area contributed by atoms with Gasteiger partial charge in [0.05, 0.1) is 18.4 Å². The first-order valence-electron chi connectivity index (χ1n) is 10.9. The predicted molar refractivity (Wildman–Crippen MR) is 125 cm³/mol. The van der Waals surface area contributed by atoms with Crippen LogP contribution in [0.15, 0.2) is 60.8 Å². The molecule has 0 radical (unpaired) electrons. The molecule has 8 nitrogen and oxygen atoms in total. The van der Waals surface area contributed by atoms with Gasteiger partial charge in [-0.1, -0.05) is 12.1 Å². The van der Waals surface area contributed by atoms with E-state index >= 15 is 0 Å². The Hall–Kier alpha value is -4.28. The molecule has 188 valence electrons. The molecule has 0 bridgehead atoms. The quantitative estimate of drug-likeness (QED) is 0.367. The molecule has 0 spiro atoms. The van der Waals surface area contributed by atoms with Crippen LogP contribution in [0.2, 0.25) is 0 Å². The van der Waals surface area contributed by atoms with Gasteiger partial charge in [0.15, 0.2) is 0 Å². The Labute approximate surface area is 204 Å². The van der Waals surface area contributed by atoms with Gasteiger partial charge in [0.2, 0.25) is 5.88 Å². The predicted octanol–water partition coefficient (Wildman–Crippen LogP) is 5.66. The molecule has 3 aromatic rings. The van der Waals surface area contributed by atoms with Crippen molar-refractivity contribution in [1.29, 1.82) is 0 Å². The minimum Gasteiger partial charge on any atom is -0.495 e. The second-order valence-electron chi connectivity index (χ2n) is 8.33. The fourth-order valence-electron chi connectivity index (χ4n) is 3.43. The van der Waals surface area contributed by atoms with Gasteiger partial charge in [-0.05, 0) is 54.8 Å². The number of carboxylic acids is 1. The van der Waals surface area contributed by atoms with E-state index in [1.54, 1.807) is 42.6 Å². The molecule has 36 heavy (non-hydrogen) atoms. The number of methoxy groups -OCH3 is 1. The SMILES string of the molecule is COc1ccc(C(F)(F)F)cc1NC(=O)Nc1ccc(-c2ccc(OCC3(C(=O)O)CC3)nc2)cc1. The van der Waals surface area contributed by atoms with Crippen LogP contribution >= 0.6 is 0 Å². The van der Waals surface area contributed by atoms with Gasteiger partial charge in [-0.2, -0.15) is 13.2 Å². The highest BCUT2D eigenvalue weighted by atomic mass is 19.4. The number of aromatic nitrogens is 1. The maximum atomic E-state index is 13.0. The number of benzene rings is 2. The zero-order valence-electron chi connectivity index (χ0n) is 19.1. The molecule has 1 saturated carbocycles. The van der Waals surface area contributed by atoms with Gasteiger partial charge in [0.25, 0.3) is 0 Å². The number of carbonyl (C=O) groups excluding carboxylic acids is 1. The molecule has 0 saturated heterocycles. The number of rotatable bonds is 8. The van der Waals surface area contributed by atoms with Gasteiger partial charge in [-0.15, -0.1) is 0 Å². The molecule has 0 atom stereocenters. The first-order chi connectivity index (χ1) is 17.1. The lowest BCUT2D eigenvalue weighted by molar-refractivity contribution is -0.144. The van der Waals surface area contributed by atoms with Crippen molar-refractivity contribution < 1.29 is 37.3 Å². The Balaban J connectivity index is 1.36. The molecule has 1 aliphatic carbocycles. The molecular formula is C25H22F3N3O5. The van der Waals surface area contributed by atoms with Crippen LogP contribution in [0.4, 0.5) is 29.3 Å². The summed E-state index contributed by atoms with van der Waals surface area (Å²) < 4.78 is 49.6. The number of hydrogen-bond acceptors (Lipinski definition) is 5. The van der Waals surface area contributed by atoms with Crippen LogP contribution in [-0.2, 0) is 11.0 Å². The van der Waals surface area contributed by atoms with Crippen molar-refractivity contribution in [3.05, 3.63) is 66.4 Å². The van der Waals surface area contributed by atoms with Crippen LogP contribution in [0.1, 0.15) is 18.4 Å². The van der Waals surface area contributed by atoms with Crippen LogP contribution < -0.4 is 20.1 Å². The van der Waals surface area contributed by atoms with Gasteiger partial charge in [-0.3, -0.25) is 4.79 Å². The lowest BCUT2D eigenvalue weighted by Crippen LogP contribution is -2.23. The average molecular weight is 501 g/mol. The van der Waals surface area contributed by atoms with Gasteiger partial charge >= 0.3 is 18.2 Å². The number of anilines is 2. The minimum absolute atomic E-state index is 0.0729. The second-order valence-corrected chi connectivity index (χ2v) is 8.33. The summed E-state index contributed by atoms with van der Waals surface area (Å²) in [4.78, 5) is 27.8. The topological polar surface area (TPSA) is 110 Å². The average Bonchev–Trinajstić information content (AvgIpc) is 3.64. The molecule has 0 aliphatic heterocycles. The van der Waals surface area contributed by atoms with Gasteiger partial charge in [-0.25, -0.2) is 9.78 Å². The third kappa shape index (κ3) is 5.68. The molecule has 11 heteroatoms. The van der Waals surface area contributed by atoms with Crippen molar-refractivity contribution in [1.82, 2.24) is 4.98 Å². The first kappa shape index (κ1) is 24.8. The number of nitrogens with zero attached hydrogens (tertiary/aromatic N) is 1. The van der Waals surface area contributed by atoms with Crippen LogP contribution in [0.3, 0.4) is 0 Å². The fraction of sp³-hybridized carbons (Fsp3) is 0.240. The number of hydrogen-bond donors (Lipinski definition) is 3. The number of urea groups is 1. The van der Waals surface area contributed by atoms with Gasteiger partial charge in [0, 0.05) is 23.5 Å². The van der Waals surface area contributed by atoms with Crippen LogP contribution in [0.5, 0.6) is 11.6 Å². The van der Waals surface area contributed by atoms with E-state index in [0.717, 1.165) is 29.3 Å². The van der Waals surface area contributed by atoms with E-state index in [4.69, 9.17) is 9.47 Å². The van der Waals surface area contributed by atoms with Gasteiger partial charge < -0.3 is 25.2 Å². The monoisotopic (exact) mass is 501 g/mol. The molecular weight excluding hydrogens is 479 g/mol. The number of nitrogens with one attached hydrogen (secondary N) is 2. The summed E-state index contributed by atoms with van der Waals surface area (Å²) in [7, 11) is 1.29. The van der Waals surface area contributed by atoms with E-state index in [1.165, 1.54) is 7.11 Å². The zero-order valence-corrected chi connectivity index (χ0v) is 19.1. The molecule has 1 aliphatic rings. The van der Waals surface area contributed by atoms with E-state index in [2.05, 4.69) is 15.6 Å². The zero-order chi connectivity index (χ0) is 25.9. The third-order valence-corrected chi connectivity index (χ3v) is 5.79. The lowest BCUT2D eigenvalue weighted by atomic mass is 10.1. The largest absolute Gasteiger partial charge is 0.495 e. The molecule has 2 amide bonds. The Kier molecular flexibility index (Phi) is 6.73. The summed E-state index contributed by atoms with van der Waals surface area (Å²) in [5.41, 5.74) is 0.142. The number of carbonyl (C=O) groups is 2. The minimum atomic E-state index is -4.56. The summed E-state index contributed by atoms with van der Waals surface area (Å²) in [6, 6.07) is 12.2. The normalized spacial score (nSPS) is 14.0. The second kappa shape index (κ2) is 9.76. The molecule has 0 unspecified atom stereocenters. The van der Waals surface area contributed by atoms with Crippen molar-refractivity contribution >= 4 is 23.4 Å². The standard InChI is InChI=1S/C25H22F3N3O5/c1-35-20-8-5-17(25(26,27)28)12-19(20)31-23(34)30-18-6-2-15(3-7-18)16-4-9-21(29-13-16)36-14-24(10-11-24)22(32)33/h2-9,12-13H,10-11,14H2,1H3,(H,32,33)(H2,30,31,34). The maximum Gasteiger partial charge on any atom is 0.416 e. The molecule has 2 aromatic carbocycles. The van der Waals surface area contributed by atoms with E-state index in [9.17, 15) is 27.9 Å². The van der Waals surface area contributed by atoms with Crippen molar-refractivity contribution in [2.75, 3.05) is 24.4 Å². The number of aliphatic carboxylic acids is 1. The van der Waals surface area contributed by atoms with Gasteiger partial charge in [0.1, 0.15) is 17.8 Å². The Morgan fingerprint density at radius 2 is 1.72 bits per heavy atom. The number of amides is 2. The third-order valence-electron chi connectivity index (χ3n) is 5.79. The van der Waals surface area contributed by atoms with Crippen LogP contribution in [-0.4, -0.2) is 35.8 Å². The first-order valence-corrected chi connectivity index (χ1v) is 10.9. The number of carboxylic acid groups (broad SMARTS) is 1. The highest BCUT2D eigenvalue weighted by Gasteiger charge is 2.51. The molecule has 1 heterocycles. The maximum absolute atomic E-state index is 13.0. The summed E-state index contributed by atoms with van der Waals surface area (Å²) in [5.74, 6) is -0.453. The number of pyridine rings is 1.